The van der Waals surface area contributed by atoms with E-state index in [0.717, 1.165) is 51.6 Å². The van der Waals surface area contributed by atoms with Gasteiger partial charge in [0.25, 0.3) is 5.91 Å². The number of nitrogens with two attached hydrogens (primary N) is 1. The zero-order valence-electron chi connectivity index (χ0n) is 15.3. The van der Waals surface area contributed by atoms with Crippen molar-refractivity contribution < 1.29 is 14.6 Å². The molecule has 0 bridgehead atoms. The molecule has 0 spiro atoms. The zero-order valence-corrected chi connectivity index (χ0v) is 15.3. The largest absolute Gasteiger partial charge is 0.391 e. The molecule has 2 aliphatic rings. The number of aromatic nitrogens is 2. The lowest BCUT2D eigenvalue weighted by Crippen LogP contribution is -2.32. The number of aliphatic hydroxyl groups is 1. The molecule has 144 valence electrons. The van der Waals surface area contributed by atoms with E-state index in [0.29, 0.717) is 17.9 Å². The van der Waals surface area contributed by atoms with E-state index < -0.39 is 12.0 Å². The van der Waals surface area contributed by atoms with Gasteiger partial charge in [-0.05, 0) is 51.9 Å². The van der Waals surface area contributed by atoms with Crippen molar-refractivity contribution in [1.29, 1.82) is 0 Å². The molecule has 2 atom stereocenters. The standard InChI is InChI=1S/C18H29N5O3/c1-2-26-12-8-6-11(7-9-12)21-18-20-10-13(16(19)25)17(23-18)22-14-4-3-5-15(14)24/h10-12,14-15,24H,2-9H2,1H3,(H2,19,25)(H2,20,21,22,23)/t11?,12?,14-,15-/m0/s1. The van der Waals surface area contributed by atoms with Crippen LogP contribution in [0.1, 0.15) is 62.2 Å². The maximum absolute atomic E-state index is 11.7. The highest BCUT2D eigenvalue weighted by molar-refractivity contribution is 5.97. The van der Waals surface area contributed by atoms with E-state index in [1.165, 1.54) is 6.20 Å². The molecule has 3 rings (SSSR count). The second kappa shape index (κ2) is 8.64. The summed E-state index contributed by atoms with van der Waals surface area (Å²) in [5.74, 6) is 0.289. The SMILES string of the molecule is CCOC1CCC(Nc2ncc(C(N)=O)c(N[C@H]3CCC[C@@H]3O)n2)CC1. The zero-order chi connectivity index (χ0) is 18.5. The monoisotopic (exact) mass is 363 g/mol. The summed E-state index contributed by atoms with van der Waals surface area (Å²) < 4.78 is 5.68. The van der Waals surface area contributed by atoms with Gasteiger partial charge >= 0.3 is 0 Å². The number of hydrogen-bond acceptors (Lipinski definition) is 7. The number of ether oxygens (including phenoxy) is 1. The fraction of sp³-hybridized carbons (Fsp3) is 0.722. The minimum absolute atomic E-state index is 0.113. The van der Waals surface area contributed by atoms with Gasteiger partial charge in [0.1, 0.15) is 5.82 Å². The molecule has 0 saturated heterocycles. The van der Waals surface area contributed by atoms with Crippen molar-refractivity contribution in [3.63, 3.8) is 0 Å². The maximum atomic E-state index is 11.7. The molecule has 0 aromatic carbocycles. The first-order valence-corrected chi connectivity index (χ1v) is 9.56. The highest BCUT2D eigenvalue weighted by Gasteiger charge is 2.27. The number of nitrogens with zero attached hydrogens (tertiary/aromatic N) is 2. The Kier molecular flexibility index (Phi) is 6.26. The van der Waals surface area contributed by atoms with Crippen molar-refractivity contribution in [3.05, 3.63) is 11.8 Å². The molecule has 2 fully saturated rings. The average molecular weight is 363 g/mol. The van der Waals surface area contributed by atoms with Crippen LogP contribution in [0.4, 0.5) is 11.8 Å². The Balaban J connectivity index is 1.66. The number of carbonyl (C=O) groups excluding carboxylic acids is 1. The molecular weight excluding hydrogens is 334 g/mol. The van der Waals surface area contributed by atoms with Crippen molar-refractivity contribution in [2.24, 2.45) is 5.73 Å². The molecule has 26 heavy (non-hydrogen) atoms. The number of nitrogens with one attached hydrogen (secondary N) is 2. The number of hydrogen-bond donors (Lipinski definition) is 4. The third-order valence-corrected chi connectivity index (χ3v) is 5.27. The molecule has 5 N–H and O–H groups in total. The Labute approximate surface area is 153 Å². The van der Waals surface area contributed by atoms with Gasteiger partial charge in [-0.2, -0.15) is 4.98 Å². The summed E-state index contributed by atoms with van der Waals surface area (Å²) in [6, 6.07) is 0.175. The lowest BCUT2D eigenvalue weighted by Gasteiger charge is -2.29. The molecule has 1 aromatic rings. The first-order valence-electron chi connectivity index (χ1n) is 9.56. The normalized spacial score (nSPS) is 28.7. The van der Waals surface area contributed by atoms with Crippen LogP contribution < -0.4 is 16.4 Å². The molecule has 2 saturated carbocycles. The van der Waals surface area contributed by atoms with Gasteiger partial charge in [-0.15, -0.1) is 0 Å². The Bertz CT molecular complexity index is 619. The average Bonchev–Trinajstić information content (AvgIpc) is 3.02. The number of primary amides is 1. The molecule has 2 aliphatic carbocycles. The Hall–Kier alpha value is -1.93. The van der Waals surface area contributed by atoms with Gasteiger partial charge in [-0.1, -0.05) is 0 Å². The van der Waals surface area contributed by atoms with Crippen LogP contribution in [0.5, 0.6) is 0 Å². The van der Waals surface area contributed by atoms with Crippen molar-refractivity contribution >= 4 is 17.7 Å². The van der Waals surface area contributed by atoms with E-state index in [9.17, 15) is 9.90 Å². The molecular formula is C18H29N5O3. The summed E-state index contributed by atoms with van der Waals surface area (Å²) in [7, 11) is 0. The third kappa shape index (κ3) is 4.62. The van der Waals surface area contributed by atoms with Gasteiger partial charge in [0.15, 0.2) is 0 Å². The van der Waals surface area contributed by atoms with E-state index in [1.807, 2.05) is 6.92 Å². The summed E-state index contributed by atoms with van der Waals surface area (Å²) in [5, 5.41) is 16.6. The lowest BCUT2D eigenvalue weighted by atomic mass is 9.93. The van der Waals surface area contributed by atoms with E-state index in [-0.39, 0.29) is 17.6 Å². The summed E-state index contributed by atoms with van der Waals surface area (Å²) in [4.78, 5) is 20.4. The number of anilines is 2. The van der Waals surface area contributed by atoms with Crippen LogP contribution in [0.25, 0.3) is 0 Å². The van der Waals surface area contributed by atoms with Crippen LogP contribution in [0.2, 0.25) is 0 Å². The highest BCUT2D eigenvalue weighted by Crippen LogP contribution is 2.26. The van der Waals surface area contributed by atoms with E-state index >= 15 is 0 Å². The number of aliphatic hydroxyl groups excluding tert-OH is 1. The fourth-order valence-electron chi connectivity index (χ4n) is 3.82. The van der Waals surface area contributed by atoms with Gasteiger partial charge in [0.2, 0.25) is 5.95 Å². The summed E-state index contributed by atoms with van der Waals surface area (Å²) in [6.07, 6.45) is 7.93. The van der Waals surface area contributed by atoms with E-state index in [4.69, 9.17) is 10.5 Å². The number of carbonyl (C=O) groups is 1. The second-order valence-electron chi connectivity index (χ2n) is 7.14. The molecule has 0 aliphatic heterocycles. The van der Waals surface area contributed by atoms with Gasteiger partial charge < -0.3 is 26.2 Å². The summed E-state index contributed by atoms with van der Waals surface area (Å²) in [5.41, 5.74) is 5.69. The highest BCUT2D eigenvalue weighted by atomic mass is 16.5. The number of rotatable bonds is 7. The van der Waals surface area contributed by atoms with Crippen molar-refractivity contribution in [2.75, 3.05) is 17.2 Å². The maximum Gasteiger partial charge on any atom is 0.254 e. The van der Waals surface area contributed by atoms with Gasteiger partial charge in [0, 0.05) is 18.8 Å². The van der Waals surface area contributed by atoms with Crippen LogP contribution in [0.3, 0.4) is 0 Å². The van der Waals surface area contributed by atoms with Gasteiger partial charge in [-0.3, -0.25) is 4.79 Å². The summed E-state index contributed by atoms with van der Waals surface area (Å²) in [6.45, 7) is 2.77. The smallest absolute Gasteiger partial charge is 0.254 e. The van der Waals surface area contributed by atoms with Crippen LogP contribution in [-0.4, -0.2) is 51.9 Å². The molecule has 8 heteroatoms. The molecule has 0 radical (unpaired) electrons. The predicted octanol–water partition coefficient (Wildman–Crippen LogP) is 1.66. The van der Waals surface area contributed by atoms with Crippen molar-refractivity contribution in [2.45, 2.75) is 76.2 Å². The number of amides is 1. The van der Waals surface area contributed by atoms with E-state index in [1.54, 1.807) is 0 Å². The Morgan fingerprint density at radius 2 is 2.04 bits per heavy atom. The Morgan fingerprint density at radius 3 is 2.65 bits per heavy atom. The predicted molar refractivity (Wildman–Crippen MR) is 99.1 cm³/mol. The summed E-state index contributed by atoms with van der Waals surface area (Å²) >= 11 is 0. The first kappa shape index (κ1) is 18.8. The van der Waals surface area contributed by atoms with Crippen LogP contribution >= 0.6 is 0 Å². The lowest BCUT2D eigenvalue weighted by molar-refractivity contribution is 0.0346. The Morgan fingerprint density at radius 1 is 1.27 bits per heavy atom. The molecule has 0 unspecified atom stereocenters. The molecule has 1 aromatic heterocycles. The minimum Gasteiger partial charge on any atom is -0.391 e. The van der Waals surface area contributed by atoms with Crippen molar-refractivity contribution in [3.8, 4) is 0 Å². The molecule has 8 nitrogen and oxygen atoms in total. The first-order chi connectivity index (χ1) is 12.6. The van der Waals surface area contributed by atoms with Crippen LogP contribution in [0, 0.1) is 0 Å². The molecule has 1 heterocycles. The van der Waals surface area contributed by atoms with Gasteiger partial charge in [0.05, 0.1) is 23.8 Å². The second-order valence-corrected chi connectivity index (χ2v) is 7.14. The fourth-order valence-corrected chi connectivity index (χ4v) is 3.82. The minimum atomic E-state index is -0.580. The van der Waals surface area contributed by atoms with E-state index in [2.05, 4.69) is 20.6 Å². The van der Waals surface area contributed by atoms with Crippen LogP contribution in [-0.2, 0) is 4.74 Å². The topological polar surface area (TPSA) is 122 Å². The van der Waals surface area contributed by atoms with Crippen molar-refractivity contribution in [1.82, 2.24) is 9.97 Å². The molecule has 1 amide bonds. The van der Waals surface area contributed by atoms with Crippen LogP contribution in [0.15, 0.2) is 6.20 Å². The van der Waals surface area contributed by atoms with Gasteiger partial charge in [-0.25, -0.2) is 4.98 Å². The third-order valence-electron chi connectivity index (χ3n) is 5.27. The quantitative estimate of drug-likeness (QED) is 0.581.